The second-order valence-electron chi connectivity index (χ2n) is 8.34. The van der Waals surface area contributed by atoms with Crippen molar-refractivity contribution in [3.05, 3.63) is 18.7 Å². The summed E-state index contributed by atoms with van der Waals surface area (Å²) in [7, 11) is 2.14. The van der Waals surface area contributed by atoms with Crippen LogP contribution in [0, 0.1) is 16.7 Å². The number of nitrogens with zero attached hydrogens (tertiary/aromatic N) is 2. The van der Waals surface area contributed by atoms with Gasteiger partial charge >= 0.3 is 0 Å². The van der Waals surface area contributed by atoms with Crippen LogP contribution in [0.3, 0.4) is 0 Å². The zero-order valence-electron chi connectivity index (χ0n) is 11.9. The molecule has 2 atom stereocenters. The summed E-state index contributed by atoms with van der Waals surface area (Å²) in [5.41, 5.74) is 1.65. The second kappa shape index (κ2) is 3.02. The third kappa shape index (κ3) is 1.38. The van der Waals surface area contributed by atoms with E-state index in [4.69, 9.17) is 0 Å². The van der Waals surface area contributed by atoms with Gasteiger partial charge in [-0.05, 0) is 55.3 Å². The summed E-state index contributed by atoms with van der Waals surface area (Å²) < 4.78 is 4.75. The summed E-state index contributed by atoms with van der Waals surface area (Å²) in [5.74, 6) is 0.976. The smallest absolute Gasteiger partial charge is 0.240 e. The molecule has 4 saturated carbocycles. The highest BCUT2D eigenvalue weighted by molar-refractivity contribution is 5.13. The zero-order chi connectivity index (χ0) is 12.6. The first-order chi connectivity index (χ1) is 8.41. The number of hydrogen-bond acceptors (Lipinski definition) is 0. The van der Waals surface area contributed by atoms with Crippen molar-refractivity contribution in [2.75, 3.05) is 0 Å². The van der Waals surface area contributed by atoms with E-state index in [1.807, 2.05) is 0 Å². The maximum Gasteiger partial charge on any atom is 0.243 e. The van der Waals surface area contributed by atoms with Gasteiger partial charge in [0.05, 0.1) is 7.05 Å². The van der Waals surface area contributed by atoms with E-state index >= 15 is 0 Å². The van der Waals surface area contributed by atoms with Gasteiger partial charge in [-0.1, -0.05) is 13.8 Å². The standard InChI is InChI=1S/C16H25N2/c1-14-6-13-7-15(2,9-14)11-16(8-13,10-14)18-5-4-17(3)12-18/h4-5,12-13H,6-11H2,1-3H3/q+1. The lowest BCUT2D eigenvalue weighted by atomic mass is 9.42. The summed E-state index contributed by atoms with van der Waals surface area (Å²) in [6.45, 7) is 5.10. The van der Waals surface area contributed by atoms with Crippen molar-refractivity contribution >= 4 is 0 Å². The summed E-state index contributed by atoms with van der Waals surface area (Å²) in [6, 6.07) is 0. The third-order valence-electron chi connectivity index (χ3n) is 5.91. The monoisotopic (exact) mass is 245 g/mol. The van der Waals surface area contributed by atoms with Crippen LogP contribution in [0.15, 0.2) is 18.7 Å². The Bertz CT molecular complexity index is 483. The van der Waals surface area contributed by atoms with E-state index in [-0.39, 0.29) is 0 Å². The fourth-order valence-electron chi connectivity index (χ4n) is 6.41. The van der Waals surface area contributed by atoms with Gasteiger partial charge in [0.1, 0.15) is 17.9 Å². The number of hydrogen-bond donors (Lipinski definition) is 0. The molecule has 2 heteroatoms. The molecule has 18 heavy (non-hydrogen) atoms. The first-order valence-corrected chi connectivity index (χ1v) is 7.44. The van der Waals surface area contributed by atoms with Crippen molar-refractivity contribution in [1.82, 2.24) is 4.57 Å². The van der Waals surface area contributed by atoms with E-state index in [1.54, 1.807) is 0 Å². The van der Waals surface area contributed by atoms with E-state index in [1.165, 1.54) is 38.5 Å². The lowest BCUT2D eigenvalue weighted by Gasteiger charge is -2.63. The Labute approximate surface area is 110 Å². The molecule has 1 aromatic rings. The first kappa shape index (κ1) is 11.1. The maximum absolute atomic E-state index is 2.55. The first-order valence-electron chi connectivity index (χ1n) is 7.44. The Morgan fingerprint density at radius 2 is 1.72 bits per heavy atom. The van der Waals surface area contributed by atoms with Crippen LogP contribution in [0.2, 0.25) is 0 Å². The Morgan fingerprint density at radius 3 is 2.22 bits per heavy atom. The van der Waals surface area contributed by atoms with Crippen molar-refractivity contribution in [2.24, 2.45) is 23.8 Å². The van der Waals surface area contributed by atoms with Gasteiger partial charge < -0.3 is 0 Å². The molecule has 2 nitrogen and oxygen atoms in total. The highest BCUT2D eigenvalue weighted by Crippen LogP contribution is 2.68. The van der Waals surface area contributed by atoms with Crippen LogP contribution in [0.5, 0.6) is 0 Å². The zero-order valence-corrected chi connectivity index (χ0v) is 11.9. The minimum Gasteiger partial charge on any atom is -0.240 e. The highest BCUT2D eigenvalue weighted by atomic mass is 15.2. The lowest BCUT2D eigenvalue weighted by molar-refractivity contribution is -0.671. The summed E-state index contributed by atoms with van der Waals surface area (Å²) in [5, 5.41) is 0. The lowest BCUT2D eigenvalue weighted by Crippen LogP contribution is -2.59. The Morgan fingerprint density at radius 1 is 1.06 bits per heavy atom. The van der Waals surface area contributed by atoms with Gasteiger partial charge in [-0.2, -0.15) is 0 Å². The van der Waals surface area contributed by atoms with E-state index < -0.39 is 0 Å². The van der Waals surface area contributed by atoms with Crippen molar-refractivity contribution in [3.63, 3.8) is 0 Å². The normalized spacial score (nSPS) is 49.8. The van der Waals surface area contributed by atoms with Crippen molar-refractivity contribution in [2.45, 2.75) is 57.9 Å². The molecule has 0 radical (unpaired) electrons. The van der Waals surface area contributed by atoms with E-state index in [2.05, 4.69) is 48.8 Å². The van der Waals surface area contributed by atoms with Gasteiger partial charge in [0, 0.05) is 0 Å². The predicted octanol–water partition coefficient (Wildman–Crippen LogP) is 3.02. The van der Waals surface area contributed by atoms with Gasteiger partial charge in [-0.25, -0.2) is 9.13 Å². The van der Waals surface area contributed by atoms with Gasteiger partial charge in [-0.3, -0.25) is 0 Å². The molecule has 1 heterocycles. The Kier molecular flexibility index (Phi) is 1.86. The second-order valence-corrected chi connectivity index (χ2v) is 8.34. The van der Waals surface area contributed by atoms with Crippen LogP contribution >= 0.6 is 0 Å². The van der Waals surface area contributed by atoms with Crippen LogP contribution in [-0.2, 0) is 12.6 Å². The molecule has 0 saturated heterocycles. The molecule has 5 rings (SSSR count). The van der Waals surface area contributed by atoms with Gasteiger partial charge in [0.25, 0.3) is 0 Å². The summed E-state index contributed by atoms with van der Waals surface area (Å²) in [4.78, 5) is 0. The van der Waals surface area contributed by atoms with Gasteiger partial charge in [0.2, 0.25) is 6.33 Å². The average Bonchev–Trinajstić information content (AvgIpc) is 2.59. The van der Waals surface area contributed by atoms with Gasteiger partial charge in [0.15, 0.2) is 0 Å². The minimum atomic E-state index is 0.435. The highest BCUT2D eigenvalue weighted by Gasteiger charge is 2.62. The maximum atomic E-state index is 2.55. The molecule has 98 valence electrons. The van der Waals surface area contributed by atoms with E-state index in [0.29, 0.717) is 16.4 Å². The van der Waals surface area contributed by atoms with Crippen molar-refractivity contribution in [1.29, 1.82) is 0 Å². The number of imidazole rings is 1. The Hall–Kier alpha value is -0.790. The van der Waals surface area contributed by atoms with Crippen LogP contribution in [0.25, 0.3) is 0 Å². The summed E-state index contributed by atoms with van der Waals surface area (Å²) in [6.07, 6.45) is 15.5. The minimum absolute atomic E-state index is 0.435. The van der Waals surface area contributed by atoms with Crippen LogP contribution in [-0.4, -0.2) is 4.57 Å². The van der Waals surface area contributed by atoms with Crippen molar-refractivity contribution < 1.29 is 4.57 Å². The Balaban J connectivity index is 1.82. The molecule has 4 bridgehead atoms. The van der Waals surface area contributed by atoms with Crippen LogP contribution in [0.1, 0.15) is 52.4 Å². The van der Waals surface area contributed by atoms with Gasteiger partial charge in [-0.15, -0.1) is 0 Å². The molecule has 4 fully saturated rings. The molecule has 0 spiro atoms. The van der Waals surface area contributed by atoms with E-state index in [0.717, 1.165) is 5.92 Å². The molecule has 0 aliphatic heterocycles. The fourth-order valence-corrected chi connectivity index (χ4v) is 6.41. The molecule has 4 aliphatic carbocycles. The number of aryl methyl sites for hydroxylation is 1. The van der Waals surface area contributed by atoms with Crippen molar-refractivity contribution in [3.8, 4) is 0 Å². The SMILES string of the molecule is C[n+]1ccn(C23CC4CC(C)(CC(C)(C4)C2)C3)c1. The molecule has 2 unspecified atom stereocenters. The predicted molar refractivity (Wildman–Crippen MR) is 71.0 cm³/mol. The summed E-state index contributed by atoms with van der Waals surface area (Å²) >= 11 is 0. The number of aromatic nitrogens is 2. The quantitative estimate of drug-likeness (QED) is 0.673. The molecule has 1 aromatic heterocycles. The molecule has 0 N–H and O–H groups in total. The average molecular weight is 245 g/mol. The molecule has 0 amide bonds. The largest absolute Gasteiger partial charge is 0.243 e. The molecule has 0 aromatic carbocycles. The van der Waals surface area contributed by atoms with E-state index in [9.17, 15) is 0 Å². The van der Waals surface area contributed by atoms with Crippen LogP contribution < -0.4 is 4.57 Å². The third-order valence-corrected chi connectivity index (χ3v) is 5.91. The number of rotatable bonds is 1. The molecular formula is C16H25N2+. The van der Waals surface area contributed by atoms with Crippen LogP contribution in [0.4, 0.5) is 0 Å². The molecular weight excluding hydrogens is 220 g/mol. The topological polar surface area (TPSA) is 8.81 Å². The molecule has 4 aliphatic rings. The fraction of sp³-hybridized carbons (Fsp3) is 0.812.